The van der Waals surface area contributed by atoms with Gasteiger partial charge in [-0.2, -0.15) is 0 Å². The fraction of sp³-hybridized carbons (Fsp3) is 0.105. The van der Waals surface area contributed by atoms with Crippen molar-refractivity contribution in [3.8, 4) is 0 Å². The molecule has 2 aromatic rings. The Bertz CT molecular complexity index is 892. The monoisotopic (exact) mass is 386 g/mol. The number of thioether (sulfide) groups is 1. The van der Waals surface area contributed by atoms with E-state index in [1.54, 1.807) is 42.5 Å². The summed E-state index contributed by atoms with van der Waals surface area (Å²) < 4.78 is 0. The van der Waals surface area contributed by atoms with Gasteiger partial charge in [0.25, 0.3) is 11.1 Å². The fourth-order valence-corrected chi connectivity index (χ4v) is 3.29. The highest BCUT2D eigenvalue weighted by Gasteiger charge is 2.36. The Morgan fingerprint density at radius 3 is 2.42 bits per heavy atom. The van der Waals surface area contributed by atoms with Crippen LogP contribution in [0.4, 0.5) is 10.5 Å². The maximum atomic E-state index is 12.4. The number of halogens is 1. The summed E-state index contributed by atoms with van der Waals surface area (Å²) in [6.07, 6.45) is 1.61. The third kappa shape index (κ3) is 4.33. The third-order valence-corrected chi connectivity index (χ3v) is 4.84. The van der Waals surface area contributed by atoms with E-state index in [0.717, 1.165) is 27.8 Å². The van der Waals surface area contributed by atoms with Crippen LogP contribution < -0.4 is 5.32 Å². The molecule has 3 rings (SSSR count). The van der Waals surface area contributed by atoms with Crippen LogP contribution in [0.1, 0.15) is 11.1 Å². The molecule has 5 nitrogen and oxygen atoms in total. The molecule has 0 unspecified atom stereocenters. The first kappa shape index (κ1) is 18.2. The van der Waals surface area contributed by atoms with Crippen LogP contribution in [-0.2, 0) is 9.59 Å². The average molecular weight is 387 g/mol. The van der Waals surface area contributed by atoms with Crippen LogP contribution >= 0.6 is 23.4 Å². The number of aryl methyl sites for hydroxylation is 1. The SMILES string of the molecule is Cc1ccc(NC(=O)CN2C(=O)S/C(=C/c3ccc(Cl)cc3)C2=O)cc1. The van der Waals surface area contributed by atoms with E-state index in [4.69, 9.17) is 11.6 Å². The maximum absolute atomic E-state index is 12.4. The van der Waals surface area contributed by atoms with E-state index in [-0.39, 0.29) is 11.4 Å². The van der Waals surface area contributed by atoms with Gasteiger partial charge >= 0.3 is 0 Å². The van der Waals surface area contributed by atoms with E-state index < -0.39 is 17.1 Å². The molecule has 0 aliphatic carbocycles. The number of hydrogen-bond donors (Lipinski definition) is 1. The van der Waals surface area contributed by atoms with Crippen molar-refractivity contribution in [2.75, 3.05) is 11.9 Å². The minimum absolute atomic E-state index is 0.278. The van der Waals surface area contributed by atoms with Gasteiger partial charge in [-0.25, -0.2) is 0 Å². The molecule has 2 aromatic carbocycles. The summed E-state index contributed by atoms with van der Waals surface area (Å²) in [5.41, 5.74) is 2.44. The summed E-state index contributed by atoms with van der Waals surface area (Å²) in [5, 5.41) is 2.80. The summed E-state index contributed by atoms with van der Waals surface area (Å²) in [5.74, 6) is -0.905. The van der Waals surface area contributed by atoms with Crippen molar-refractivity contribution in [2.45, 2.75) is 6.92 Å². The quantitative estimate of drug-likeness (QED) is 0.794. The lowest BCUT2D eigenvalue weighted by molar-refractivity contribution is -0.127. The number of rotatable bonds is 4. The predicted molar refractivity (Wildman–Crippen MR) is 104 cm³/mol. The van der Waals surface area contributed by atoms with Crippen LogP contribution in [-0.4, -0.2) is 28.5 Å². The van der Waals surface area contributed by atoms with Gasteiger partial charge in [-0.1, -0.05) is 41.4 Å². The number of anilines is 1. The van der Waals surface area contributed by atoms with Crippen LogP contribution in [0.25, 0.3) is 6.08 Å². The van der Waals surface area contributed by atoms with Crippen molar-refractivity contribution < 1.29 is 14.4 Å². The zero-order chi connectivity index (χ0) is 18.7. The van der Waals surface area contributed by atoms with E-state index in [1.165, 1.54) is 0 Å². The lowest BCUT2D eigenvalue weighted by Crippen LogP contribution is -2.36. The Kier molecular flexibility index (Phi) is 5.44. The summed E-state index contributed by atoms with van der Waals surface area (Å²) in [7, 11) is 0. The lowest BCUT2D eigenvalue weighted by Gasteiger charge is -2.12. The normalized spacial score (nSPS) is 15.6. The molecule has 26 heavy (non-hydrogen) atoms. The molecule has 1 saturated heterocycles. The Balaban J connectivity index is 1.67. The Morgan fingerprint density at radius 2 is 1.77 bits per heavy atom. The maximum Gasteiger partial charge on any atom is 0.294 e. The standard InChI is InChI=1S/C19H15ClN2O3S/c1-12-2-8-15(9-3-12)21-17(23)11-22-18(24)16(26-19(22)25)10-13-4-6-14(20)7-5-13/h2-10H,11H2,1H3,(H,21,23)/b16-10+. The minimum atomic E-state index is -0.478. The second-order valence-electron chi connectivity index (χ2n) is 5.73. The van der Waals surface area contributed by atoms with Crippen molar-refractivity contribution in [3.05, 3.63) is 69.6 Å². The first-order valence-electron chi connectivity index (χ1n) is 7.80. The number of benzene rings is 2. The summed E-state index contributed by atoms with van der Waals surface area (Å²) >= 11 is 6.65. The van der Waals surface area contributed by atoms with E-state index in [2.05, 4.69) is 5.32 Å². The molecule has 0 spiro atoms. The molecule has 0 radical (unpaired) electrons. The summed E-state index contributed by atoms with van der Waals surface area (Å²) in [4.78, 5) is 37.9. The fourth-order valence-electron chi connectivity index (χ4n) is 2.33. The van der Waals surface area contributed by atoms with E-state index in [9.17, 15) is 14.4 Å². The number of nitrogens with one attached hydrogen (secondary N) is 1. The number of hydrogen-bond acceptors (Lipinski definition) is 4. The zero-order valence-electron chi connectivity index (χ0n) is 13.9. The molecule has 0 bridgehead atoms. The van der Waals surface area contributed by atoms with Gasteiger partial charge in [-0.05, 0) is 54.6 Å². The van der Waals surface area contributed by atoms with E-state index in [1.807, 2.05) is 19.1 Å². The van der Waals surface area contributed by atoms with Crippen LogP contribution in [0.2, 0.25) is 5.02 Å². The van der Waals surface area contributed by atoms with Gasteiger partial charge in [-0.3, -0.25) is 19.3 Å². The molecule has 1 fully saturated rings. The van der Waals surface area contributed by atoms with Gasteiger partial charge < -0.3 is 5.32 Å². The number of carbonyl (C=O) groups excluding carboxylic acids is 3. The first-order chi connectivity index (χ1) is 12.4. The van der Waals surface area contributed by atoms with Crippen LogP contribution in [0.15, 0.2) is 53.4 Å². The van der Waals surface area contributed by atoms with Gasteiger partial charge in [0.05, 0.1) is 4.91 Å². The largest absolute Gasteiger partial charge is 0.325 e. The number of imide groups is 1. The highest BCUT2D eigenvalue weighted by molar-refractivity contribution is 8.18. The molecule has 1 aliphatic rings. The smallest absolute Gasteiger partial charge is 0.294 e. The average Bonchev–Trinajstić information content (AvgIpc) is 2.86. The molecule has 3 amide bonds. The second-order valence-corrected chi connectivity index (χ2v) is 7.16. The molecule has 1 aliphatic heterocycles. The van der Waals surface area contributed by atoms with Gasteiger partial charge in [0, 0.05) is 10.7 Å². The second kappa shape index (κ2) is 7.76. The number of nitrogens with zero attached hydrogens (tertiary/aromatic N) is 1. The molecule has 1 heterocycles. The van der Waals surface area contributed by atoms with Crippen molar-refractivity contribution in [1.82, 2.24) is 4.90 Å². The van der Waals surface area contributed by atoms with E-state index in [0.29, 0.717) is 10.7 Å². The number of amides is 3. The molecule has 7 heteroatoms. The van der Waals surface area contributed by atoms with Gasteiger partial charge in [-0.15, -0.1) is 0 Å². The zero-order valence-corrected chi connectivity index (χ0v) is 15.4. The molecule has 0 saturated carbocycles. The third-order valence-electron chi connectivity index (χ3n) is 3.68. The van der Waals surface area contributed by atoms with Crippen LogP contribution in [0.5, 0.6) is 0 Å². The Morgan fingerprint density at radius 1 is 1.12 bits per heavy atom. The van der Waals surface area contributed by atoms with Gasteiger partial charge in [0.1, 0.15) is 6.54 Å². The van der Waals surface area contributed by atoms with Crippen molar-refractivity contribution in [2.24, 2.45) is 0 Å². The van der Waals surface area contributed by atoms with Crippen LogP contribution in [0, 0.1) is 6.92 Å². The highest BCUT2D eigenvalue weighted by Crippen LogP contribution is 2.32. The first-order valence-corrected chi connectivity index (χ1v) is 8.99. The summed E-state index contributed by atoms with van der Waals surface area (Å²) in [6, 6.07) is 14.2. The topological polar surface area (TPSA) is 66.5 Å². The molecule has 1 N–H and O–H groups in total. The minimum Gasteiger partial charge on any atom is -0.325 e. The summed E-state index contributed by atoms with van der Waals surface area (Å²) in [6.45, 7) is 1.62. The molecule has 0 aromatic heterocycles. The highest BCUT2D eigenvalue weighted by atomic mass is 35.5. The van der Waals surface area contributed by atoms with E-state index >= 15 is 0 Å². The van der Waals surface area contributed by atoms with Gasteiger partial charge in [0.15, 0.2) is 0 Å². The Hall–Kier alpha value is -2.57. The van der Waals surface area contributed by atoms with Gasteiger partial charge in [0.2, 0.25) is 5.91 Å². The predicted octanol–water partition coefficient (Wildman–Crippen LogP) is 4.32. The van der Waals surface area contributed by atoms with Crippen molar-refractivity contribution in [3.63, 3.8) is 0 Å². The van der Waals surface area contributed by atoms with Crippen LogP contribution in [0.3, 0.4) is 0 Å². The molecule has 0 atom stereocenters. The van der Waals surface area contributed by atoms with Crippen molar-refractivity contribution >= 4 is 52.2 Å². The van der Waals surface area contributed by atoms with Crippen molar-refractivity contribution in [1.29, 1.82) is 0 Å². The molecule has 132 valence electrons. The Labute approximate surface area is 160 Å². The lowest BCUT2D eigenvalue weighted by atomic mass is 10.2. The molecular formula is C19H15ClN2O3S. The number of carbonyl (C=O) groups is 3. The molecular weight excluding hydrogens is 372 g/mol.